The maximum Gasteiger partial charge on any atom is 0.142 e. The van der Waals surface area contributed by atoms with Gasteiger partial charge < -0.3 is 10.2 Å². The van der Waals surface area contributed by atoms with Gasteiger partial charge in [-0.15, -0.1) is 0 Å². The van der Waals surface area contributed by atoms with E-state index >= 15 is 0 Å². The number of nitrogens with one attached hydrogen (secondary N) is 1. The van der Waals surface area contributed by atoms with Crippen LogP contribution in [0, 0.1) is 0 Å². The highest BCUT2D eigenvalue weighted by molar-refractivity contribution is 5.74. The first-order chi connectivity index (χ1) is 7.72. The maximum absolute atomic E-state index is 10.1. The molecule has 0 saturated heterocycles. The zero-order chi connectivity index (χ0) is 11.8. The minimum absolute atomic E-state index is 0.781. The first kappa shape index (κ1) is 12.5. The summed E-state index contributed by atoms with van der Waals surface area (Å²) in [6, 6.07) is 8.00. The number of likely N-dealkylation sites (N-methyl/N-ethyl adjacent to an activating group) is 1. The van der Waals surface area contributed by atoms with Crippen molar-refractivity contribution in [1.29, 1.82) is 0 Å². The third-order valence-corrected chi connectivity index (χ3v) is 2.17. The second kappa shape index (κ2) is 6.80. The van der Waals surface area contributed by atoms with Gasteiger partial charge in [0.25, 0.3) is 0 Å². The largest absolute Gasteiger partial charge is 0.384 e. The molecule has 0 radical (unpaired) electrons. The van der Waals surface area contributed by atoms with E-state index in [0.717, 1.165) is 30.6 Å². The van der Waals surface area contributed by atoms with E-state index in [2.05, 4.69) is 24.3 Å². The summed E-state index contributed by atoms with van der Waals surface area (Å²) >= 11 is 0. The quantitative estimate of drug-likeness (QED) is 0.584. The fourth-order valence-corrected chi connectivity index (χ4v) is 1.29. The van der Waals surface area contributed by atoms with E-state index in [1.165, 1.54) is 6.08 Å². The summed E-state index contributed by atoms with van der Waals surface area (Å²) in [5, 5.41) is 3.32. The molecule has 0 aliphatic carbocycles. The number of carbonyl (C=O) groups excluding carboxylic acids is 1. The molecule has 0 aromatic heterocycles. The van der Waals surface area contributed by atoms with Crippen LogP contribution in [0.5, 0.6) is 0 Å². The van der Waals surface area contributed by atoms with E-state index in [4.69, 9.17) is 0 Å². The normalized spacial score (nSPS) is 10.9. The Morgan fingerprint density at radius 2 is 1.94 bits per heavy atom. The molecule has 1 rings (SSSR count). The Morgan fingerprint density at radius 3 is 2.50 bits per heavy atom. The van der Waals surface area contributed by atoms with Gasteiger partial charge in [0.15, 0.2) is 0 Å². The summed E-state index contributed by atoms with van der Waals surface area (Å²) in [6.45, 7) is 1.93. The molecule has 0 atom stereocenters. The van der Waals surface area contributed by atoms with Gasteiger partial charge in [0.1, 0.15) is 6.29 Å². The molecule has 1 aromatic carbocycles. The fourth-order valence-electron chi connectivity index (χ4n) is 1.29. The van der Waals surface area contributed by atoms with Crippen molar-refractivity contribution in [1.82, 2.24) is 4.90 Å². The third kappa shape index (κ3) is 4.75. The summed E-state index contributed by atoms with van der Waals surface area (Å²) in [5.41, 5.74) is 2.13. The maximum atomic E-state index is 10.1. The molecule has 86 valence electrons. The second-order valence-electron chi connectivity index (χ2n) is 3.85. The van der Waals surface area contributed by atoms with Gasteiger partial charge in [-0.1, -0.05) is 18.2 Å². The van der Waals surface area contributed by atoms with E-state index in [-0.39, 0.29) is 0 Å². The van der Waals surface area contributed by atoms with E-state index in [1.54, 1.807) is 6.08 Å². The smallest absolute Gasteiger partial charge is 0.142 e. The van der Waals surface area contributed by atoms with Gasteiger partial charge in [-0.05, 0) is 37.9 Å². The van der Waals surface area contributed by atoms with Gasteiger partial charge in [0.2, 0.25) is 0 Å². The zero-order valence-electron chi connectivity index (χ0n) is 9.81. The highest BCUT2D eigenvalue weighted by Gasteiger charge is 1.92. The average Bonchev–Trinajstić information content (AvgIpc) is 2.27. The van der Waals surface area contributed by atoms with Crippen molar-refractivity contribution >= 4 is 18.0 Å². The Bertz CT molecular complexity index is 341. The number of allylic oxidation sites excluding steroid dienone is 1. The predicted molar refractivity (Wildman–Crippen MR) is 68.6 cm³/mol. The van der Waals surface area contributed by atoms with Crippen LogP contribution >= 0.6 is 0 Å². The van der Waals surface area contributed by atoms with Gasteiger partial charge in [-0.25, -0.2) is 0 Å². The first-order valence-electron chi connectivity index (χ1n) is 5.33. The van der Waals surface area contributed by atoms with Crippen molar-refractivity contribution in [2.45, 2.75) is 0 Å². The SMILES string of the molecule is CN(C)CCNc1ccc(C=CC=O)cc1. The van der Waals surface area contributed by atoms with Crippen molar-refractivity contribution in [2.75, 3.05) is 32.5 Å². The Balaban J connectivity index is 2.45. The van der Waals surface area contributed by atoms with Crippen LogP contribution in [0.4, 0.5) is 5.69 Å². The predicted octanol–water partition coefficient (Wildman–Crippen LogP) is 1.87. The van der Waals surface area contributed by atoms with E-state index in [9.17, 15) is 4.79 Å². The summed E-state index contributed by atoms with van der Waals surface area (Å²) in [6.07, 6.45) is 4.06. The number of aldehydes is 1. The first-order valence-corrected chi connectivity index (χ1v) is 5.33. The number of carbonyl (C=O) groups is 1. The average molecular weight is 218 g/mol. The van der Waals surface area contributed by atoms with Gasteiger partial charge in [-0.3, -0.25) is 4.79 Å². The van der Waals surface area contributed by atoms with Crippen LogP contribution in [0.25, 0.3) is 6.08 Å². The number of nitrogens with zero attached hydrogens (tertiary/aromatic N) is 1. The van der Waals surface area contributed by atoms with Crippen LogP contribution in [0.2, 0.25) is 0 Å². The number of hydrogen-bond donors (Lipinski definition) is 1. The molecule has 0 aliphatic heterocycles. The standard InChI is InChI=1S/C13H18N2O/c1-15(2)10-9-14-13-7-5-12(6-8-13)4-3-11-16/h3-8,11,14H,9-10H2,1-2H3. The highest BCUT2D eigenvalue weighted by Crippen LogP contribution is 2.10. The van der Waals surface area contributed by atoms with Crippen molar-refractivity contribution in [3.8, 4) is 0 Å². The molecule has 16 heavy (non-hydrogen) atoms. The summed E-state index contributed by atoms with van der Waals surface area (Å²) < 4.78 is 0. The Morgan fingerprint density at radius 1 is 1.25 bits per heavy atom. The molecule has 3 nitrogen and oxygen atoms in total. The Labute approximate surface area is 96.8 Å². The Kier molecular flexibility index (Phi) is 5.29. The molecule has 0 heterocycles. The number of benzene rings is 1. The van der Waals surface area contributed by atoms with E-state index in [0.29, 0.717) is 0 Å². The molecule has 0 fully saturated rings. The van der Waals surface area contributed by atoms with Crippen LogP contribution < -0.4 is 5.32 Å². The summed E-state index contributed by atoms with van der Waals surface area (Å²) in [5.74, 6) is 0. The van der Waals surface area contributed by atoms with Crippen LogP contribution in [-0.2, 0) is 4.79 Å². The lowest BCUT2D eigenvalue weighted by Crippen LogP contribution is -2.20. The van der Waals surface area contributed by atoms with Crippen molar-refractivity contribution < 1.29 is 4.79 Å². The molecule has 3 heteroatoms. The lowest BCUT2D eigenvalue weighted by molar-refractivity contribution is -0.104. The van der Waals surface area contributed by atoms with Crippen LogP contribution in [-0.4, -0.2) is 38.4 Å². The molecule has 0 unspecified atom stereocenters. The van der Waals surface area contributed by atoms with Gasteiger partial charge in [-0.2, -0.15) is 0 Å². The molecular formula is C13H18N2O. The summed E-state index contributed by atoms with van der Waals surface area (Å²) in [7, 11) is 4.10. The van der Waals surface area contributed by atoms with E-state index in [1.807, 2.05) is 24.3 Å². The number of hydrogen-bond acceptors (Lipinski definition) is 3. The van der Waals surface area contributed by atoms with Crippen LogP contribution in [0.1, 0.15) is 5.56 Å². The van der Waals surface area contributed by atoms with Crippen LogP contribution in [0.3, 0.4) is 0 Å². The molecule has 0 aliphatic rings. The second-order valence-corrected chi connectivity index (χ2v) is 3.85. The minimum Gasteiger partial charge on any atom is -0.384 e. The van der Waals surface area contributed by atoms with Gasteiger partial charge in [0, 0.05) is 18.8 Å². The lowest BCUT2D eigenvalue weighted by Gasteiger charge is -2.11. The molecule has 1 N–H and O–H groups in total. The minimum atomic E-state index is 0.781. The molecule has 0 amide bonds. The van der Waals surface area contributed by atoms with E-state index < -0.39 is 0 Å². The topological polar surface area (TPSA) is 32.3 Å². The highest BCUT2D eigenvalue weighted by atomic mass is 16.1. The fraction of sp³-hybridized carbons (Fsp3) is 0.308. The number of rotatable bonds is 6. The Hall–Kier alpha value is -1.61. The van der Waals surface area contributed by atoms with Gasteiger partial charge >= 0.3 is 0 Å². The van der Waals surface area contributed by atoms with Gasteiger partial charge in [0.05, 0.1) is 0 Å². The summed E-state index contributed by atoms with van der Waals surface area (Å²) in [4.78, 5) is 12.3. The van der Waals surface area contributed by atoms with Crippen LogP contribution in [0.15, 0.2) is 30.3 Å². The monoisotopic (exact) mass is 218 g/mol. The molecule has 0 bridgehead atoms. The van der Waals surface area contributed by atoms with Crippen molar-refractivity contribution in [2.24, 2.45) is 0 Å². The molecule has 1 aromatic rings. The molecule has 0 spiro atoms. The molecule has 0 saturated carbocycles. The van der Waals surface area contributed by atoms with Crippen molar-refractivity contribution in [3.63, 3.8) is 0 Å². The third-order valence-electron chi connectivity index (χ3n) is 2.17. The number of anilines is 1. The molecular weight excluding hydrogens is 200 g/mol. The van der Waals surface area contributed by atoms with Crippen molar-refractivity contribution in [3.05, 3.63) is 35.9 Å². The zero-order valence-corrected chi connectivity index (χ0v) is 9.81. The lowest BCUT2D eigenvalue weighted by atomic mass is 10.2.